The average Bonchev–Trinajstić information content (AvgIpc) is 2.63. The minimum atomic E-state index is -0.695. The summed E-state index contributed by atoms with van der Waals surface area (Å²) in [6.45, 7) is 0. The molecule has 0 saturated carbocycles. The lowest BCUT2D eigenvalue weighted by molar-refractivity contribution is -0.142. The zero-order chi connectivity index (χ0) is 18.8. The van der Waals surface area contributed by atoms with Crippen LogP contribution in [0, 0.1) is 5.92 Å². The minimum absolute atomic E-state index is 0.269. The van der Waals surface area contributed by atoms with Gasteiger partial charge in [0.15, 0.2) is 0 Å². The van der Waals surface area contributed by atoms with Crippen LogP contribution in [0.4, 0.5) is 0 Å². The Hall–Kier alpha value is -2.49. The second kappa shape index (κ2) is 10.5. The lowest BCUT2D eigenvalue weighted by atomic mass is 9.94. The fourth-order valence-corrected chi connectivity index (χ4v) is 3.16. The lowest BCUT2D eigenvalue weighted by Gasteiger charge is -2.12. The monoisotopic (exact) mass is 356 g/mol. The first-order valence-electron chi connectivity index (χ1n) is 9.33. The van der Waals surface area contributed by atoms with Crippen LogP contribution in [0.15, 0.2) is 48.5 Å². The van der Waals surface area contributed by atoms with E-state index in [9.17, 15) is 20.1 Å². The van der Waals surface area contributed by atoms with E-state index in [4.69, 9.17) is 0 Å². The fourth-order valence-electron chi connectivity index (χ4n) is 3.16. The van der Waals surface area contributed by atoms with E-state index in [1.807, 2.05) is 24.3 Å². The molecule has 4 heteroatoms. The van der Waals surface area contributed by atoms with Gasteiger partial charge in [-0.15, -0.1) is 0 Å². The van der Waals surface area contributed by atoms with Crippen LogP contribution < -0.4 is 0 Å². The van der Waals surface area contributed by atoms with Gasteiger partial charge in [0, 0.05) is 0 Å². The number of carboxylic acids is 1. The maximum absolute atomic E-state index is 11.4. The number of aromatic hydroxyl groups is 2. The highest BCUT2D eigenvalue weighted by atomic mass is 16.4. The Labute approximate surface area is 155 Å². The van der Waals surface area contributed by atoms with E-state index in [-0.39, 0.29) is 17.4 Å². The van der Waals surface area contributed by atoms with Crippen LogP contribution in [0.25, 0.3) is 0 Å². The van der Waals surface area contributed by atoms with E-state index in [0.29, 0.717) is 12.8 Å². The number of carbonyl (C=O) groups is 1. The maximum atomic E-state index is 11.4. The Kier molecular flexibility index (Phi) is 8.00. The molecule has 4 nitrogen and oxygen atoms in total. The van der Waals surface area contributed by atoms with Crippen LogP contribution in [-0.2, 0) is 17.6 Å². The number of phenols is 2. The molecule has 0 unspecified atom stereocenters. The van der Waals surface area contributed by atoms with Crippen molar-refractivity contribution in [3.05, 3.63) is 59.7 Å². The standard InChI is InChI=1S/C22H28O4/c23-20-13-9-17(10-14-20)5-1-3-7-19(22(25)26)8-4-2-6-18-11-15-21(24)16-12-18/h9-16,19,23-24H,1-8H2,(H,25,26). The number of hydrogen-bond donors (Lipinski definition) is 3. The second-order valence-corrected chi connectivity index (χ2v) is 6.86. The van der Waals surface area contributed by atoms with E-state index in [1.54, 1.807) is 24.3 Å². The van der Waals surface area contributed by atoms with E-state index in [0.717, 1.165) is 38.5 Å². The molecule has 2 aromatic carbocycles. The van der Waals surface area contributed by atoms with Crippen LogP contribution in [0.5, 0.6) is 11.5 Å². The predicted molar refractivity (Wildman–Crippen MR) is 102 cm³/mol. The van der Waals surface area contributed by atoms with Crippen molar-refractivity contribution in [2.24, 2.45) is 5.92 Å². The summed E-state index contributed by atoms with van der Waals surface area (Å²) in [5, 5.41) is 28.0. The molecule has 2 aromatic rings. The van der Waals surface area contributed by atoms with E-state index < -0.39 is 5.97 Å². The molecular weight excluding hydrogens is 328 g/mol. The first-order valence-corrected chi connectivity index (χ1v) is 9.33. The molecule has 0 amide bonds. The number of unbranched alkanes of at least 4 members (excludes halogenated alkanes) is 2. The summed E-state index contributed by atoms with van der Waals surface area (Å²) in [6.07, 6.45) is 6.97. The van der Waals surface area contributed by atoms with Gasteiger partial charge in [-0.2, -0.15) is 0 Å². The third-order valence-electron chi connectivity index (χ3n) is 4.76. The molecule has 140 valence electrons. The molecule has 0 aliphatic carbocycles. The van der Waals surface area contributed by atoms with Crippen molar-refractivity contribution in [1.29, 1.82) is 0 Å². The fraction of sp³-hybridized carbons (Fsp3) is 0.409. The number of rotatable bonds is 11. The van der Waals surface area contributed by atoms with Crippen molar-refractivity contribution in [1.82, 2.24) is 0 Å². The van der Waals surface area contributed by atoms with Crippen LogP contribution >= 0.6 is 0 Å². The molecule has 26 heavy (non-hydrogen) atoms. The highest BCUT2D eigenvalue weighted by Crippen LogP contribution is 2.20. The van der Waals surface area contributed by atoms with Gasteiger partial charge in [0.1, 0.15) is 11.5 Å². The van der Waals surface area contributed by atoms with Gasteiger partial charge in [0.2, 0.25) is 0 Å². The third kappa shape index (κ3) is 7.18. The van der Waals surface area contributed by atoms with Gasteiger partial charge < -0.3 is 15.3 Å². The van der Waals surface area contributed by atoms with Gasteiger partial charge in [-0.1, -0.05) is 37.1 Å². The first kappa shape index (κ1) is 19.8. The van der Waals surface area contributed by atoms with Crippen molar-refractivity contribution >= 4 is 5.97 Å². The quantitative estimate of drug-likeness (QED) is 0.499. The van der Waals surface area contributed by atoms with Crippen molar-refractivity contribution in [3.63, 3.8) is 0 Å². The summed E-state index contributed by atoms with van der Waals surface area (Å²) in [7, 11) is 0. The Bertz CT molecular complexity index is 608. The molecule has 0 fully saturated rings. The van der Waals surface area contributed by atoms with Crippen molar-refractivity contribution in [3.8, 4) is 11.5 Å². The molecule has 0 saturated heterocycles. The number of aliphatic carboxylic acids is 1. The molecule has 2 rings (SSSR count). The third-order valence-corrected chi connectivity index (χ3v) is 4.76. The van der Waals surface area contributed by atoms with Crippen LogP contribution in [0.1, 0.15) is 49.7 Å². The molecule has 0 spiro atoms. The summed E-state index contributed by atoms with van der Waals surface area (Å²) in [4.78, 5) is 11.4. The normalized spacial score (nSPS) is 11.0. The van der Waals surface area contributed by atoms with Gasteiger partial charge in [-0.25, -0.2) is 0 Å². The molecule has 0 bridgehead atoms. The Morgan fingerprint density at radius 3 is 1.42 bits per heavy atom. The molecule has 0 atom stereocenters. The zero-order valence-corrected chi connectivity index (χ0v) is 15.1. The van der Waals surface area contributed by atoms with Gasteiger partial charge in [-0.3, -0.25) is 4.79 Å². The number of phenolic OH excluding ortho intramolecular Hbond substituents is 2. The topological polar surface area (TPSA) is 77.8 Å². The summed E-state index contributed by atoms with van der Waals surface area (Å²) in [6, 6.07) is 14.4. The van der Waals surface area contributed by atoms with E-state index in [2.05, 4.69) is 0 Å². The van der Waals surface area contributed by atoms with Gasteiger partial charge >= 0.3 is 5.97 Å². The van der Waals surface area contributed by atoms with Gasteiger partial charge in [0.25, 0.3) is 0 Å². The SMILES string of the molecule is O=C(O)C(CCCCc1ccc(O)cc1)CCCCc1ccc(O)cc1. The molecule has 0 aliphatic rings. The van der Waals surface area contributed by atoms with Crippen molar-refractivity contribution in [2.75, 3.05) is 0 Å². The minimum Gasteiger partial charge on any atom is -0.508 e. The maximum Gasteiger partial charge on any atom is 0.306 e. The molecule has 0 aromatic heterocycles. The smallest absolute Gasteiger partial charge is 0.306 e. The number of benzene rings is 2. The summed E-state index contributed by atoms with van der Waals surface area (Å²) in [5.41, 5.74) is 2.34. The summed E-state index contributed by atoms with van der Waals surface area (Å²) < 4.78 is 0. The molecule has 0 radical (unpaired) electrons. The number of carboxylic acid groups (broad SMARTS) is 1. The number of hydrogen-bond acceptors (Lipinski definition) is 3. The van der Waals surface area contributed by atoms with E-state index in [1.165, 1.54) is 11.1 Å². The Morgan fingerprint density at radius 2 is 1.08 bits per heavy atom. The Morgan fingerprint density at radius 1 is 0.692 bits per heavy atom. The van der Waals surface area contributed by atoms with Crippen LogP contribution in [-0.4, -0.2) is 21.3 Å². The highest BCUT2D eigenvalue weighted by molar-refractivity contribution is 5.69. The molecule has 0 heterocycles. The largest absolute Gasteiger partial charge is 0.508 e. The Balaban J connectivity index is 1.63. The van der Waals surface area contributed by atoms with Gasteiger partial charge in [0.05, 0.1) is 5.92 Å². The number of aryl methyl sites for hydroxylation is 2. The predicted octanol–water partition coefficient (Wildman–Crippen LogP) is 4.92. The zero-order valence-electron chi connectivity index (χ0n) is 15.1. The lowest BCUT2D eigenvalue weighted by Crippen LogP contribution is -2.13. The highest BCUT2D eigenvalue weighted by Gasteiger charge is 2.16. The van der Waals surface area contributed by atoms with Crippen LogP contribution in [0.2, 0.25) is 0 Å². The van der Waals surface area contributed by atoms with Gasteiger partial charge in [-0.05, 0) is 73.9 Å². The van der Waals surface area contributed by atoms with E-state index >= 15 is 0 Å². The molecule has 3 N–H and O–H groups in total. The van der Waals surface area contributed by atoms with Crippen molar-refractivity contribution < 1.29 is 20.1 Å². The summed E-state index contributed by atoms with van der Waals surface area (Å²) in [5.74, 6) is -0.423. The second-order valence-electron chi connectivity index (χ2n) is 6.86. The van der Waals surface area contributed by atoms with Crippen LogP contribution in [0.3, 0.4) is 0 Å². The van der Waals surface area contributed by atoms with Crippen molar-refractivity contribution in [2.45, 2.75) is 51.4 Å². The molecular formula is C22H28O4. The molecule has 0 aliphatic heterocycles. The summed E-state index contributed by atoms with van der Waals surface area (Å²) >= 11 is 0. The first-order chi connectivity index (χ1) is 12.5. The average molecular weight is 356 g/mol.